The molecule has 0 bridgehead atoms. The van der Waals surface area contributed by atoms with Crippen LogP contribution in [0.3, 0.4) is 0 Å². The molecule has 1 heterocycles. The van der Waals surface area contributed by atoms with Crippen molar-refractivity contribution in [3.05, 3.63) is 11.1 Å². The molecule has 1 aliphatic carbocycles. The molecule has 0 spiro atoms. The Balaban J connectivity index is 0.00000211. The first-order valence-electron chi connectivity index (χ1n) is 14.9. The number of epoxide rings is 1. The second-order valence-corrected chi connectivity index (χ2v) is 10.5. The Bertz CT molecular complexity index is 1050. The Kier molecular flexibility index (Phi) is 15.1. The van der Waals surface area contributed by atoms with Crippen LogP contribution in [0.1, 0.15) is 65.5 Å². The molecule has 1 saturated heterocycles. The average Bonchev–Trinajstić information content (AvgIpc) is 3.80. The molecule has 11 nitrogen and oxygen atoms in total. The molecule has 42 heavy (non-hydrogen) atoms. The second-order valence-electron chi connectivity index (χ2n) is 10.5. The number of amides is 2. The van der Waals surface area contributed by atoms with E-state index in [9.17, 15) is 19.5 Å². The third kappa shape index (κ3) is 8.50. The summed E-state index contributed by atoms with van der Waals surface area (Å²) >= 11 is 0. The number of aliphatic hydroxyl groups excluding tert-OH is 1. The molecule has 3 N–H and O–H groups in total. The zero-order valence-electron chi connectivity index (χ0n) is 27.4. The SMILES string of the molecule is CC.CC.COc1c2c(c(N(C)C)c(OC)c1OC)CC(C(=O)NCC(=O)NC(CC(C)C)C(=O)C1(CO)CO1)CC2. The number of benzene rings is 1. The Morgan fingerprint density at radius 2 is 1.57 bits per heavy atom. The minimum atomic E-state index is -1.22. The van der Waals surface area contributed by atoms with E-state index < -0.39 is 24.2 Å². The van der Waals surface area contributed by atoms with Crippen LogP contribution in [0, 0.1) is 11.8 Å². The van der Waals surface area contributed by atoms with Crippen molar-refractivity contribution >= 4 is 23.3 Å². The molecule has 1 aliphatic heterocycles. The van der Waals surface area contributed by atoms with Gasteiger partial charge in [-0.1, -0.05) is 41.5 Å². The predicted octanol–water partition coefficient (Wildman–Crippen LogP) is 2.91. The zero-order chi connectivity index (χ0) is 32.2. The highest BCUT2D eigenvalue weighted by atomic mass is 16.6. The average molecular weight is 596 g/mol. The maximum Gasteiger partial charge on any atom is 0.239 e. The molecule has 11 heteroatoms. The minimum absolute atomic E-state index is 0.133. The number of carbonyl (C=O) groups excluding carboxylic acids is 3. The van der Waals surface area contributed by atoms with Gasteiger partial charge in [0.1, 0.15) is 0 Å². The van der Waals surface area contributed by atoms with E-state index in [1.165, 1.54) is 0 Å². The number of carbonyl (C=O) groups is 3. The van der Waals surface area contributed by atoms with Gasteiger partial charge >= 0.3 is 0 Å². The molecule has 0 aromatic heterocycles. The molecular formula is C31H53N3O8. The quantitative estimate of drug-likeness (QED) is 0.294. The van der Waals surface area contributed by atoms with Crippen LogP contribution >= 0.6 is 0 Å². The third-order valence-corrected chi connectivity index (χ3v) is 7.15. The first kappa shape index (κ1) is 37.0. The number of ether oxygens (including phenoxy) is 4. The number of Topliss-reactive ketones (excluding diaryl/α,β-unsaturated/α-hetero) is 1. The van der Waals surface area contributed by atoms with Gasteiger partial charge in [-0.05, 0) is 37.2 Å². The number of anilines is 1. The Morgan fingerprint density at radius 3 is 2.02 bits per heavy atom. The number of rotatable bonds is 13. The van der Waals surface area contributed by atoms with Crippen LogP contribution in [0.25, 0.3) is 0 Å². The van der Waals surface area contributed by atoms with Crippen molar-refractivity contribution < 1.29 is 38.4 Å². The van der Waals surface area contributed by atoms with Gasteiger partial charge in [0.05, 0.1) is 52.8 Å². The number of nitrogens with one attached hydrogen (secondary N) is 2. The molecule has 3 rings (SSSR count). The van der Waals surface area contributed by atoms with E-state index in [2.05, 4.69) is 10.6 Å². The lowest BCUT2D eigenvalue weighted by atomic mass is 9.81. The molecule has 240 valence electrons. The largest absolute Gasteiger partial charge is 0.492 e. The predicted molar refractivity (Wildman–Crippen MR) is 164 cm³/mol. The Labute approximate surface area is 251 Å². The van der Waals surface area contributed by atoms with E-state index in [0.717, 1.165) is 16.8 Å². The summed E-state index contributed by atoms with van der Waals surface area (Å²) in [6.45, 7) is 11.3. The van der Waals surface area contributed by atoms with Crippen molar-refractivity contribution in [1.29, 1.82) is 0 Å². The summed E-state index contributed by atoms with van der Waals surface area (Å²) in [6.07, 6.45) is 2.02. The van der Waals surface area contributed by atoms with Crippen LogP contribution in [0.2, 0.25) is 0 Å². The molecule has 3 atom stereocenters. The minimum Gasteiger partial charge on any atom is -0.492 e. The van der Waals surface area contributed by atoms with Crippen LogP contribution in [-0.2, 0) is 32.0 Å². The fourth-order valence-corrected chi connectivity index (χ4v) is 5.18. The van der Waals surface area contributed by atoms with E-state index in [1.807, 2.05) is 60.5 Å². The molecule has 0 radical (unpaired) electrons. The van der Waals surface area contributed by atoms with Crippen LogP contribution in [0.5, 0.6) is 17.2 Å². The summed E-state index contributed by atoms with van der Waals surface area (Å²) in [7, 11) is 8.52. The summed E-state index contributed by atoms with van der Waals surface area (Å²) in [5.74, 6) is 0.377. The lowest BCUT2D eigenvalue weighted by molar-refractivity contribution is -0.133. The van der Waals surface area contributed by atoms with E-state index in [-0.39, 0.29) is 36.7 Å². The molecule has 3 unspecified atom stereocenters. The topological polar surface area (TPSA) is 139 Å². The lowest BCUT2D eigenvalue weighted by Crippen LogP contribution is -2.51. The number of hydrogen-bond donors (Lipinski definition) is 3. The second kappa shape index (κ2) is 17.2. The van der Waals surface area contributed by atoms with Gasteiger partial charge in [-0.15, -0.1) is 0 Å². The molecule has 1 fully saturated rings. The fraction of sp³-hybridized carbons (Fsp3) is 0.710. The van der Waals surface area contributed by atoms with E-state index in [1.54, 1.807) is 21.3 Å². The van der Waals surface area contributed by atoms with Crippen LogP contribution < -0.4 is 29.7 Å². The molecule has 1 aromatic rings. The number of nitrogens with zero attached hydrogens (tertiary/aromatic N) is 1. The summed E-state index contributed by atoms with van der Waals surface area (Å²) in [5.41, 5.74) is 1.53. The molecule has 2 amide bonds. The van der Waals surface area contributed by atoms with E-state index >= 15 is 0 Å². The lowest BCUT2D eigenvalue weighted by Gasteiger charge is -2.32. The van der Waals surface area contributed by atoms with Gasteiger partial charge in [0.2, 0.25) is 17.6 Å². The summed E-state index contributed by atoms with van der Waals surface area (Å²) in [5, 5.41) is 15.0. The van der Waals surface area contributed by atoms with Gasteiger partial charge < -0.3 is 39.6 Å². The number of fused-ring (bicyclic) bond motifs is 1. The molecule has 0 saturated carbocycles. The van der Waals surface area contributed by atoms with Crippen LogP contribution in [0.15, 0.2) is 0 Å². The standard InChI is InChI=1S/C27H41N3O8.2C2H6/c1-15(2)10-19(25(33)27(13-31)14-38-27)29-20(32)12-28-26(34)16-8-9-17-18(11-16)21(30(3)4)23(36-6)24(37-7)22(17)35-5;2*1-2/h15-16,19,31H,8-14H2,1-7H3,(H,28,34)(H,29,32);2*1-2H3. The summed E-state index contributed by atoms with van der Waals surface area (Å²) in [4.78, 5) is 40.6. The van der Waals surface area contributed by atoms with Gasteiger partial charge in [-0.2, -0.15) is 0 Å². The van der Waals surface area contributed by atoms with Crippen molar-refractivity contribution in [3.8, 4) is 17.2 Å². The number of ketones is 1. The normalized spacial score (nSPS) is 19.0. The van der Waals surface area contributed by atoms with Crippen LogP contribution in [0.4, 0.5) is 5.69 Å². The first-order valence-corrected chi connectivity index (χ1v) is 14.9. The van der Waals surface area contributed by atoms with Crippen LogP contribution in [-0.4, -0.2) is 89.5 Å². The van der Waals surface area contributed by atoms with Crippen molar-refractivity contribution in [2.75, 3.05) is 60.1 Å². The monoisotopic (exact) mass is 595 g/mol. The molecule has 1 aromatic carbocycles. The van der Waals surface area contributed by atoms with Crippen molar-refractivity contribution in [3.63, 3.8) is 0 Å². The summed E-state index contributed by atoms with van der Waals surface area (Å²) in [6, 6.07) is -0.798. The van der Waals surface area contributed by atoms with Gasteiger partial charge in [-0.25, -0.2) is 0 Å². The highest BCUT2D eigenvalue weighted by molar-refractivity contribution is 5.97. The number of hydrogen-bond acceptors (Lipinski definition) is 9. The Hall–Kier alpha value is -3.05. The first-order chi connectivity index (χ1) is 20.0. The van der Waals surface area contributed by atoms with Gasteiger partial charge in [0.25, 0.3) is 0 Å². The van der Waals surface area contributed by atoms with Crippen molar-refractivity contribution in [1.82, 2.24) is 10.6 Å². The zero-order valence-corrected chi connectivity index (χ0v) is 27.4. The highest BCUT2D eigenvalue weighted by Crippen LogP contribution is 2.51. The van der Waals surface area contributed by atoms with E-state index in [0.29, 0.717) is 42.9 Å². The number of aliphatic hydroxyl groups is 1. The van der Waals surface area contributed by atoms with Crippen molar-refractivity contribution in [2.45, 2.75) is 78.9 Å². The molecule has 2 aliphatic rings. The maximum atomic E-state index is 13.1. The smallest absolute Gasteiger partial charge is 0.239 e. The van der Waals surface area contributed by atoms with E-state index in [4.69, 9.17) is 18.9 Å². The molecular weight excluding hydrogens is 542 g/mol. The highest BCUT2D eigenvalue weighted by Gasteiger charge is 2.54. The van der Waals surface area contributed by atoms with Gasteiger partial charge in [0.15, 0.2) is 22.9 Å². The van der Waals surface area contributed by atoms with Gasteiger partial charge in [-0.3, -0.25) is 14.4 Å². The third-order valence-electron chi connectivity index (χ3n) is 7.15. The Morgan fingerprint density at radius 1 is 1.00 bits per heavy atom. The number of methoxy groups -OCH3 is 3. The fourth-order valence-electron chi connectivity index (χ4n) is 5.18. The summed E-state index contributed by atoms with van der Waals surface area (Å²) < 4.78 is 22.2. The maximum absolute atomic E-state index is 13.1. The van der Waals surface area contributed by atoms with Gasteiger partial charge in [0, 0.05) is 25.6 Å². The van der Waals surface area contributed by atoms with Crippen molar-refractivity contribution in [2.24, 2.45) is 11.8 Å².